The third kappa shape index (κ3) is 3.94. The third-order valence-corrected chi connectivity index (χ3v) is 4.65. The molecule has 0 amide bonds. The first kappa shape index (κ1) is 14.3. The van der Waals surface area contributed by atoms with Gasteiger partial charge in [0.2, 0.25) is 0 Å². The summed E-state index contributed by atoms with van der Waals surface area (Å²) in [7, 11) is 2.26. The van der Waals surface area contributed by atoms with E-state index in [0.29, 0.717) is 6.04 Å². The van der Waals surface area contributed by atoms with Gasteiger partial charge >= 0.3 is 0 Å². The van der Waals surface area contributed by atoms with Crippen molar-refractivity contribution in [2.75, 3.05) is 33.2 Å². The van der Waals surface area contributed by atoms with E-state index in [9.17, 15) is 0 Å². The second-order valence-electron chi connectivity index (χ2n) is 6.47. The van der Waals surface area contributed by atoms with Gasteiger partial charge in [0.25, 0.3) is 0 Å². The molecule has 2 aliphatic heterocycles. The fraction of sp³-hybridized carbons (Fsp3) is 1.00. The molecule has 2 heterocycles. The van der Waals surface area contributed by atoms with Crippen molar-refractivity contribution in [3.8, 4) is 0 Å². The second-order valence-corrected chi connectivity index (χ2v) is 6.47. The van der Waals surface area contributed by atoms with Crippen LogP contribution in [0.15, 0.2) is 0 Å². The molecule has 0 aromatic rings. The summed E-state index contributed by atoms with van der Waals surface area (Å²) in [5.74, 6) is 0. The predicted octanol–water partition coefficient (Wildman–Crippen LogP) is 1.93. The van der Waals surface area contributed by atoms with Gasteiger partial charge in [0, 0.05) is 24.7 Å². The molecule has 2 atom stereocenters. The van der Waals surface area contributed by atoms with E-state index in [1.54, 1.807) is 0 Å². The Bertz CT molecular complexity index is 236. The zero-order valence-corrected chi connectivity index (χ0v) is 12.5. The molecule has 0 aromatic carbocycles. The molecule has 2 unspecified atom stereocenters. The Morgan fingerprint density at radius 2 is 2.00 bits per heavy atom. The van der Waals surface area contributed by atoms with Crippen molar-refractivity contribution in [2.45, 2.75) is 64.1 Å². The SMILES string of the molecule is CC(C)N(CC1CCCN1)C1CCCN(C)CC1. The van der Waals surface area contributed by atoms with Crippen molar-refractivity contribution >= 4 is 0 Å². The van der Waals surface area contributed by atoms with Crippen LogP contribution in [0, 0.1) is 0 Å². The fourth-order valence-electron chi connectivity index (χ4n) is 3.50. The van der Waals surface area contributed by atoms with E-state index in [0.717, 1.165) is 12.1 Å². The molecule has 2 fully saturated rings. The molecule has 2 aliphatic rings. The van der Waals surface area contributed by atoms with Crippen LogP contribution in [0.3, 0.4) is 0 Å². The van der Waals surface area contributed by atoms with E-state index in [4.69, 9.17) is 0 Å². The summed E-state index contributed by atoms with van der Waals surface area (Å²) in [5.41, 5.74) is 0. The van der Waals surface area contributed by atoms with Gasteiger partial charge in [-0.2, -0.15) is 0 Å². The molecular weight excluding hydrogens is 222 g/mol. The molecular formula is C15H31N3. The number of rotatable bonds is 4. The van der Waals surface area contributed by atoms with Gasteiger partial charge in [0.05, 0.1) is 0 Å². The van der Waals surface area contributed by atoms with E-state index in [1.165, 1.54) is 58.3 Å². The lowest BCUT2D eigenvalue weighted by molar-refractivity contribution is 0.126. The highest BCUT2D eigenvalue weighted by Crippen LogP contribution is 2.20. The standard InChI is InChI=1S/C15H31N3/c1-13(2)18(12-14-6-4-9-16-14)15-7-5-10-17(3)11-8-15/h13-16H,4-12H2,1-3H3. The van der Waals surface area contributed by atoms with Crippen molar-refractivity contribution in [2.24, 2.45) is 0 Å². The van der Waals surface area contributed by atoms with Crippen LogP contribution in [0.2, 0.25) is 0 Å². The first-order valence-electron chi connectivity index (χ1n) is 7.84. The maximum atomic E-state index is 3.65. The quantitative estimate of drug-likeness (QED) is 0.826. The molecule has 106 valence electrons. The van der Waals surface area contributed by atoms with Crippen LogP contribution in [0.25, 0.3) is 0 Å². The van der Waals surface area contributed by atoms with Crippen LogP contribution in [0.4, 0.5) is 0 Å². The van der Waals surface area contributed by atoms with Crippen LogP contribution in [0.5, 0.6) is 0 Å². The molecule has 1 N–H and O–H groups in total. The average molecular weight is 253 g/mol. The Kier molecular flexibility index (Phi) is 5.46. The van der Waals surface area contributed by atoms with Crippen molar-refractivity contribution in [1.29, 1.82) is 0 Å². The molecule has 0 radical (unpaired) electrons. The van der Waals surface area contributed by atoms with E-state index < -0.39 is 0 Å². The summed E-state index contributed by atoms with van der Waals surface area (Å²) in [4.78, 5) is 5.26. The molecule has 0 aromatic heterocycles. The summed E-state index contributed by atoms with van der Waals surface area (Å²) < 4.78 is 0. The highest BCUT2D eigenvalue weighted by Gasteiger charge is 2.26. The lowest BCUT2D eigenvalue weighted by Crippen LogP contribution is -2.47. The van der Waals surface area contributed by atoms with Crippen molar-refractivity contribution in [3.63, 3.8) is 0 Å². The lowest BCUT2D eigenvalue weighted by atomic mass is 10.0. The summed E-state index contributed by atoms with van der Waals surface area (Å²) in [6, 6.07) is 2.23. The van der Waals surface area contributed by atoms with Crippen molar-refractivity contribution in [3.05, 3.63) is 0 Å². The monoisotopic (exact) mass is 253 g/mol. The summed E-state index contributed by atoms with van der Waals surface area (Å²) >= 11 is 0. The largest absolute Gasteiger partial charge is 0.313 e. The van der Waals surface area contributed by atoms with Gasteiger partial charge in [-0.15, -0.1) is 0 Å². The van der Waals surface area contributed by atoms with Gasteiger partial charge in [0.15, 0.2) is 0 Å². The highest BCUT2D eigenvalue weighted by molar-refractivity contribution is 4.84. The highest BCUT2D eigenvalue weighted by atomic mass is 15.2. The number of nitrogens with one attached hydrogen (secondary N) is 1. The summed E-state index contributed by atoms with van der Waals surface area (Å²) in [6.45, 7) is 9.76. The summed E-state index contributed by atoms with van der Waals surface area (Å²) in [6.07, 6.45) is 6.83. The van der Waals surface area contributed by atoms with Gasteiger partial charge < -0.3 is 10.2 Å². The number of nitrogens with zero attached hydrogens (tertiary/aromatic N) is 2. The Balaban J connectivity index is 1.90. The normalized spacial score (nSPS) is 31.2. The third-order valence-electron chi connectivity index (χ3n) is 4.65. The fourth-order valence-corrected chi connectivity index (χ4v) is 3.50. The van der Waals surface area contributed by atoms with Crippen LogP contribution >= 0.6 is 0 Å². The molecule has 2 saturated heterocycles. The molecule has 0 aliphatic carbocycles. The topological polar surface area (TPSA) is 18.5 Å². The molecule has 3 heteroatoms. The lowest BCUT2D eigenvalue weighted by Gasteiger charge is -2.36. The molecule has 0 bridgehead atoms. The van der Waals surface area contributed by atoms with Crippen molar-refractivity contribution < 1.29 is 0 Å². The van der Waals surface area contributed by atoms with E-state index in [-0.39, 0.29) is 0 Å². The minimum Gasteiger partial charge on any atom is -0.313 e. The Morgan fingerprint density at radius 1 is 1.17 bits per heavy atom. The van der Waals surface area contributed by atoms with Gasteiger partial charge in [-0.05, 0) is 72.6 Å². The zero-order valence-electron chi connectivity index (χ0n) is 12.5. The first-order valence-corrected chi connectivity index (χ1v) is 7.84. The van der Waals surface area contributed by atoms with Gasteiger partial charge in [-0.1, -0.05) is 0 Å². The Morgan fingerprint density at radius 3 is 2.67 bits per heavy atom. The molecule has 0 spiro atoms. The number of hydrogen-bond donors (Lipinski definition) is 1. The minimum atomic E-state index is 0.681. The first-order chi connectivity index (χ1) is 8.66. The molecule has 0 saturated carbocycles. The minimum absolute atomic E-state index is 0.681. The molecule has 18 heavy (non-hydrogen) atoms. The predicted molar refractivity (Wildman–Crippen MR) is 78.0 cm³/mol. The van der Waals surface area contributed by atoms with Crippen LogP contribution in [0.1, 0.15) is 46.0 Å². The van der Waals surface area contributed by atoms with Crippen LogP contribution < -0.4 is 5.32 Å². The number of hydrogen-bond acceptors (Lipinski definition) is 3. The molecule has 3 nitrogen and oxygen atoms in total. The van der Waals surface area contributed by atoms with Gasteiger partial charge in [-0.25, -0.2) is 0 Å². The molecule has 2 rings (SSSR count). The zero-order chi connectivity index (χ0) is 13.0. The maximum absolute atomic E-state index is 3.65. The summed E-state index contributed by atoms with van der Waals surface area (Å²) in [5, 5.41) is 3.65. The number of likely N-dealkylation sites (tertiary alicyclic amines) is 1. The van der Waals surface area contributed by atoms with Crippen molar-refractivity contribution in [1.82, 2.24) is 15.1 Å². The smallest absolute Gasteiger partial charge is 0.0195 e. The van der Waals surface area contributed by atoms with E-state index in [2.05, 4.69) is 36.0 Å². The van der Waals surface area contributed by atoms with E-state index in [1.807, 2.05) is 0 Å². The van der Waals surface area contributed by atoms with Gasteiger partial charge in [-0.3, -0.25) is 4.90 Å². The maximum Gasteiger partial charge on any atom is 0.0195 e. The van der Waals surface area contributed by atoms with E-state index >= 15 is 0 Å². The second kappa shape index (κ2) is 6.88. The van der Waals surface area contributed by atoms with Gasteiger partial charge in [0.1, 0.15) is 0 Å². The Hall–Kier alpha value is -0.120. The Labute approximate surface area is 113 Å². The van der Waals surface area contributed by atoms with Crippen LogP contribution in [-0.4, -0.2) is 61.2 Å². The van der Waals surface area contributed by atoms with Crippen LogP contribution in [-0.2, 0) is 0 Å². The average Bonchev–Trinajstić information content (AvgIpc) is 2.75.